The number of thiocarbonyl (C=S) groups is 2. The molecule has 51 heavy (non-hydrogen) atoms. The number of aromatic nitrogens is 1. The van der Waals surface area contributed by atoms with Gasteiger partial charge in [-0.2, -0.15) is 5.26 Å². The second-order valence-corrected chi connectivity index (χ2v) is 12.9. The van der Waals surface area contributed by atoms with Crippen LogP contribution in [0.1, 0.15) is 13.8 Å². The fourth-order valence-electron chi connectivity index (χ4n) is 2.55. The molecule has 0 spiro atoms. The summed E-state index contributed by atoms with van der Waals surface area (Å²) < 4.78 is 2.21. The monoisotopic (exact) mass is 806 g/mol. The van der Waals surface area contributed by atoms with Gasteiger partial charge in [0.25, 0.3) is 23.3 Å². The number of carboxylic acids is 6. The molecule has 0 atom stereocenters. The van der Waals surface area contributed by atoms with Crippen LogP contribution in [0.2, 0.25) is 0 Å². The quantitative estimate of drug-likeness (QED) is 0.0651. The molecule has 3 rings (SSSR count). The summed E-state index contributed by atoms with van der Waals surface area (Å²) in [5.41, 5.74) is -1.74. The summed E-state index contributed by atoms with van der Waals surface area (Å²) in [5, 5.41) is 56.1. The molecule has 2 amide bonds. The molecule has 6 N–H and O–H groups in total. The molecule has 274 valence electrons. The fraction of sp³-hybridized carbons (Fsp3) is 0.185. The number of rotatable bonds is 8. The number of carbonyl (C=O) groups excluding carboxylic acids is 2. The first-order chi connectivity index (χ1) is 23.3. The van der Waals surface area contributed by atoms with Gasteiger partial charge in [0.05, 0.1) is 9.44 Å². The highest BCUT2D eigenvalue weighted by molar-refractivity contribution is 8.30. The zero-order chi connectivity index (χ0) is 40.5. The first-order valence-electron chi connectivity index (χ1n) is 12.7. The summed E-state index contributed by atoms with van der Waals surface area (Å²) >= 11 is 13.0. The van der Waals surface area contributed by atoms with Gasteiger partial charge in [-0.3, -0.25) is 43.1 Å². The lowest BCUT2D eigenvalue weighted by Crippen LogP contribution is -2.35. The molecule has 2 aliphatic rings. The summed E-state index contributed by atoms with van der Waals surface area (Å²) in [4.78, 5) is 97.2. The standard InChI is InChI=1S/C11H10N2O4S3.C6H5NO3S2.C4H3NO2.C4H4O4.C2H4O2/c1-3-12-9(17)7(20-11(12)18)10-13(4-6(14)15)8(16)5(2)19-10;1-3-5(10)7(2-4(8)9)6(11)12-3;1-3(2-5)4(6)7;1-2(3(5)6)4(7)8;1-2(3)4/h2-4H2,1H3,(H,14,15);1-2H2,(H,8,9);1H2,(H,6,7);1H2,(H,5,6)(H,7,8);1H3,(H,3,4)/b10-7+;;;;. The fourth-order valence-corrected chi connectivity index (χ4v) is 6.14. The number of nitrogens with zero attached hydrogens (tertiary/aromatic N) is 4. The van der Waals surface area contributed by atoms with E-state index in [-0.39, 0.29) is 31.1 Å². The third kappa shape index (κ3) is 16.2. The molecule has 0 saturated carbocycles. The zero-order valence-corrected chi connectivity index (χ0v) is 30.2. The van der Waals surface area contributed by atoms with Crippen molar-refractivity contribution < 1.29 is 69.0 Å². The molecule has 0 radical (unpaired) electrons. The normalized spacial score (nSPS) is 13.8. The molecule has 3 heterocycles. The van der Waals surface area contributed by atoms with Crippen molar-refractivity contribution in [3.8, 4) is 6.07 Å². The van der Waals surface area contributed by atoms with Crippen molar-refractivity contribution in [2.24, 2.45) is 0 Å². The molecule has 0 aromatic carbocycles. The molecule has 2 saturated heterocycles. The van der Waals surface area contributed by atoms with E-state index in [0.717, 1.165) is 51.3 Å². The topological polar surface area (TPSA) is 310 Å². The van der Waals surface area contributed by atoms with E-state index in [1.165, 1.54) is 11.0 Å². The van der Waals surface area contributed by atoms with E-state index >= 15 is 0 Å². The average molecular weight is 807 g/mol. The van der Waals surface area contributed by atoms with E-state index in [1.807, 2.05) is 0 Å². The van der Waals surface area contributed by atoms with Crippen LogP contribution in [0.5, 0.6) is 0 Å². The van der Waals surface area contributed by atoms with Crippen LogP contribution < -0.4 is 14.8 Å². The number of hydrogen-bond acceptors (Lipinski definition) is 15. The van der Waals surface area contributed by atoms with Gasteiger partial charge in [0, 0.05) is 13.5 Å². The van der Waals surface area contributed by atoms with E-state index in [9.17, 15) is 38.4 Å². The summed E-state index contributed by atoms with van der Waals surface area (Å²) in [6.45, 7) is 15.1. The summed E-state index contributed by atoms with van der Waals surface area (Å²) in [6, 6.07) is 1.37. The van der Waals surface area contributed by atoms with Gasteiger partial charge in [0.2, 0.25) is 0 Å². The number of thioether (sulfide) groups is 2. The number of hydrogen-bond donors (Lipinski definition) is 6. The Morgan fingerprint density at radius 3 is 1.51 bits per heavy atom. The lowest BCUT2D eigenvalue weighted by atomic mass is 10.3. The van der Waals surface area contributed by atoms with Gasteiger partial charge in [0.1, 0.15) is 48.5 Å². The van der Waals surface area contributed by atoms with Crippen molar-refractivity contribution in [1.82, 2.24) is 14.4 Å². The Hall–Kier alpha value is -5.48. The van der Waals surface area contributed by atoms with Crippen LogP contribution in [0.3, 0.4) is 0 Å². The minimum absolute atomic E-state index is 0.197. The minimum atomic E-state index is -1.50. The maximum Gasteiger partial charge on any atom is 0.345 e. The van der Waals surface area contributed by atoms with Crippen LogP contribution in [0, 0.1) is 11.3 Å². The predicted molar refractivity (Wildman–Crippen MR) is 191 cm³/mol. The first kappa shape index (κ1) is 47.6. The third-order valence-corrected chi connectivity index (χ3v) is 8.61. The average Bonchev–Trinajstić information content (AvgIpc) is 3.55. The Kier molecular flexibility index (Phi) is 20.8. The van der Waals surface area contributed by atoms with Crippen LogP contribution >= 0.6 is 59.3 Å². The highest BCUT2D eigenvalue weighted by atomic mass is 32.2. The maximum absolute atomic E-state index is 12.2. The largest absolute Gasteiger partial charge is 0.481 e. The van der Waals surface area contributed by atoms with Crippen molar-refractivity contribution in [2.45, 2.75) is 20.4 Å². The molecule has 19 nitrogen and oxygen atoms in total. The van der Waals surface area contributed by atoms with Crippen LogP contribution in [-0.4, -0.2) is 114 Å². The van der Waals surface area contributed by atoms with E-state index in [0.29, 0.717) is 15.5 Å². The van der Waals surface area contributed by atoms with Crippen molar-refractivity contribution in [1.29, 1.82) is 5.26 Å². The van der Waals surface area contributed by atoms with Crippen LogP contribution in [-0.2, 0) is 44.9 Å². The molecule has 2 aliphatic heterocycles. The number of aliphatic carboxylic acids is 6. The summed E-state index contributed by atoms with van der Waals surface area (Å²) in [5.74, 6) is -8.05. The highest BCUT2D eigenvalue weighted by Crippen LogP contribution is 2.31. The van der Waals surface area contributed by atoms with Gasteiger partial charge in [0.15, 0.2) is 0 Å². The Balaban J connectivity index is 0. The molecule has 2 fully saturated rings. The number of carbonyl (C=O) groups is 8. The SMILES string of the molecule is C=C(C#N)C(=O)O.C=C(C(=O)O)C(=O)O.C=C1SC(=S)N(CC(=O)O)C1=O.C=c1s/c(=C2/SC(=S)N(CC)C2=O)n(CC(=O)O)c1=O.CC(=O)O. The van der Waals surface area contributed by atoms with E-state index in [2.05, 4.69) is 26.3 Å². The van der Waals surface area contributed by atoms with E-state index in [1.54, 1.807) is 6.92 Å². The predicted octanol–water partition coefficient (Wildman–Crippen LogP) is -0.208. The molecule has 0 bridgehead atoms. The van der Waals surface area contributed by atoms with Gasteiger partial charge in [-0.15, -0.1) is 11.3 Å². The molecular weight excluding hydrogens is 781 g/mol. The number of amides is 2. The maximum atomic E-state index is 12.2. The molecule has 0 unspecified atom stereocenters. The lowest BCUT2D eigenvalue weighted by molar-refractivity contribution is -0.141. The van der Waals surface area contributed by atoms with Crippen molar-refractivity contribution in [3.63, 3.8) is 0 Å². The Morgan fingerprint density at radius 1 is 0.784 bits per heavy atom. The van der Waals surface area contributed by atoms with Gasteiger partial charge < -0.3 is 30.6 Å². The van der Waals surface area contributed by atoms with Gasteiger partial charge in [-0.1, -0.05) is 74.3 Å². The van der Waals surface area contributed by atoms with Crippen LogP contribution in [0.4, 0.5) is 0 Å². The smallest absolute Gasteiger partial charge is 0.345 e. The third-order valence-electron chi connectivity index (χ3n) is 4.72. The van der Waals surface area contributed by atoms with Gasteiger partial charge in [-0.05, 0) is 6.92 Å². The number of carboxylic acid groups (broad SMARTS) is 6. The van der Waals surface area contributed by atoms with Gasteiger partial charge in [-0.25, -0.2) is 14.4 Å². The number of thiazole rings is 1. The van der Waals surface area contributed by atoms with Crippen molar-refractivity contribution >= 4 is 127 Å². The molecule has 1 aromatic rings. The molecular formula is C27H26N4O15S5. The van der Waals surface area contributed by atoms with Gasteiger partial charge >= 0.3 is 29.8 Å². The first-order valence-corrected chi connectivity index (χ1v) is 15.9. The van der Waals surface area contributed by atoms with E-state index in [4.69, 9.17) is 65.1 Å². The van der Waals surface area contributed by atoms with Crippen molar-refractivity contribution in [2.75, 3.05) is 13.1 Å². The van der Waals surface area contributed by atoms with Crippen LogP contribution in [0.15, 0.2) is 40.6 Å². The molecule has 1 aromatic heterocycles. The second-order valence-electron chi connectivity index (χ2n) is 8.44. The zero-order valence-electron chi connectivity index (χ0n) is 26.1. The molecule has 24 heteroatoms. The van der Waals surface area contributed by atoms with E-state index < -0.39 is 65.0 Å². The highest BCUT2D eigenvalue weighted by Gasteiger charge is 2.33. The van der Waals surface area contributed by atoms with Crippen molar-refractivity contribution in [3.05, 3.63) is 55.3 Å². The Morgan fingerprint density at radius 2 is 1.24 bits per heavy atom. The lowest BCUT2D eigenvalue weighted by Gasteiger charge is -2.09. The minimum Gasteiger partial charge on any atom is -0.481 e. The number of nitriles is 1. The Bertz CT molecular complexity index is 1900. The Labute approximate surface area is 309 Å². The summed E-state index contributed by atoms with van der Waals surface area (Å²) in [7, 11) is 0. The second kappa shape index (κ2) is 22.3. The molecule has 0 aliphatic carbocycles. The summed E-state index contributed by atoms with van der Waals surface area (Å²) in [6.07, 6.45) is 0. The van der Waals surface area contributed by atoms with Crippen LogP contribution in [0.25, 0.3) is 11.5 Å².